The molecule has 2 N–H and O–H groups in total. The fourth-order valence-corrected chi connectivity index (χ4v) is 2.40. The third-order valence-electron chi connectivity index (χ3n) is 3.46. The number of amides is 1. The highest BCUT2D eigenvalue weighted by Crippen LogP contribution is 2.18. The first-order valence-electron chi connectivity index (χ1n) is 6.48. The number of benzene rings is 1. The van der Waals surface area contributed by atoms with Gasteiger partial charge in [0, 0.05) is 5.56 Å². The molecule has 0 heterocycles. The molecule has 0 saturated heterocycles. The van der Waals surface area contributed by atoms with Crippen LogP contribution in [0.25, 0.3) is 0 Å². The average Bonchev–Trinajstić information content (AvgIpc) is 2.38. The lowest BCUT2D eigenvalue weighted by Crippen LogP contribution is -2.45. The molecule has 2 atom stereocenters. The molecule has 0 aromatic heterocycles. The third kappa shape index (κ3) is 3.50. The predicted molar refractivity (Wildman–Crippen MR) is 66.5 cm³/mol. The van der Waals surface area contributed by atoms with Crippen molar-refractivity contribution < 1.29 is 18.7 Å². The summed E-state index contributed by atoms with van der Waals surface area (Å²) >= 11 is 0. The summed E-state index contributed by atoms with van der Waals surface area (Å²) in [5.74, 6) is -2.33. The first-order valence-corrected chi connectivity index (χ1v) is 6.48. The van der Waals surface area contributed by atoms with Crippen LogP contribution in [-0.4, -0.2) is 23.2 Å². The van der Waals surface area contributed by atoms with Crippen molar-refractivity contribution >= 4 is 5.91 Å². The highest BCUT2D eigenvalue weighted by atomic mass is 19.2. The number of rotatable bonds is 3. The molecule has 3 nitrogen and oxygen atoms in total. The minimum absolute atomic E-state index is 0.0304. The van der Waals surface area contributed by atoms with Gasteiger partial charge in [0.15, 0.2) is 11.6 Å². The summed E-state index contributed by atoms with van der Waals surface area (Å²) in [6.45, 7) is 0. The minimum Gasteiger partial charge on any atom is -0.391 e. The van der Waals surface area contributed by atoms with E-state index in [1.807, 2.05) is 0 Å². The molecule has 5 heteroatoms. The van der Waals surface area contributed by atoms with Crippen molar-refractivity contribution in [2.24, 2.45) is 0 Å². The fourth-order valence-electron chi connectivity index (χ4n) is 2.40. The number of aliphatic hydroxyl groups is 1. The van der Waals surface area contributed by atoms with E-state index in [1.165, 1.54) is 12.1 Å². The van der Waals surface area contributed by atoms with Crippen molar-refractivity contribution in [1.82, 2.24) is 5.32 Å². The molecule has 1 aromatic carbocycles. The lowest BCUT2D eigenvalue weighted by atomic mass is 9.92. The van der Waals surface area contributed by atoms with Gasteiger partial charge in [-0.25, -0.2) is 8.78 Å². The summed E-state index contributed by atoms with van der Waals surface area (Å²) in [5.41, 5.74) is 0.0304. The number of aliphatic hydroxyl groups excluding tert-OH is 1. The Hall–Kier alpha value is -1.49. The van der Waals surface area contributed by atoms with Gasteiger partial charge in [-0.1, -0.05) is 25.0 Å². The van der Waals surface area contributed by atoms with Gasteiger partial charge in [0.2, 0.25) is 5.91 Å². The van der Waals surface area contributed by atoms with E-state index in [0.29, 0.717) is 6.42 Å². The van der Waals surface area contributed by atoms with Crippen LogP contribution in [0.2, 0.25) is 0 Å². The molecule has 0 unspecified atom stereocenters. The van der Waals surface area contributed by atoms with Gasteiger partial charge in [0.25, 0.3) is 0 Å². The SMILES string of the molecule is O=C(Cc1cccc(F)c1F)N[C@H]1CCCC[C@@H]1O. The van der Waals surface area contributed by atoms with Crippen LogP contribution in [0.5, 0.6) is 0 Å². The highest BCUT2D eigenvalue weighted by Gasteiger charge is 2.24. The molecule has 1 amide bonds. The minimum atomic E-state index is -0.984. The maximum Gasteiger partial charge on any atom is 0.224 e. The van der Waals surface area contributed by atoms with Gasteiger partial charge in [-0.2, -0.15) is 0 Å². The maximum absolute atomic E-state index is 13.4. The van der Waals surface area contributed by atoms with Crippen LogP contribution < -0.4 is 5.32 Å². The quantitative estimate of drug-likeness (QED) is 0.881. The molecule has 0 aliphatic heterocycles. The first kappa shape index (κ1) is 13.9. The van der Waals surface area contributed by atoms with E-state index in [-0.39, 0.29) is 18.0 Å². The van der Waals surface area contributed by atoms with Crippen LogP contribution in [0.1, 0.15) is 31.2 Å². The van der Waals surface area contributed by atoms with Crippen LogP contribution in [0, 0.1) is 11.6 Å². The molecule has 0 radical (unpaired) electrons. The third-order valence-corrected chi connectivity index (χ3v) is 3.46. The molecule has 2 rings (SSSR count). The standard InChI is InChI=1S/C14H17F2NO2/c15-10-5-3-4-9(14(10)16)8-13(19)17-11-6-1-2-7-12(11)18/h3-5,11-12,18H,1-2,6-8H2,(H,17,19)/t11-,12-/m0/s1. The summed E-state index contributed by atoms with van der Waals surface area (Å²) in [6, 6.07) is 3.49. The van der Waals surface area contributed by atoms with Crippen molar-refractivity contribution in [3.8, 4) is 0 Å². The van der Waals surface area contributed by atoms with Crippen molar-refractivity contribution in [1.29, 1.82) is 0 Å². The smallest absolute Gasteiger partial charge is 0.224 e. The maximum atomic E-state index is 13.4. The predicted octanol–water partition coefficient (Wildman–Crippen LogP) is 1.93. The largest absolute Gasteiger partial charge is 0.391 e. The molecular weight excluding hydrogens is 252 g/mol. The Morgan fingerprint density at radius 2 is 2.05 bits per heavy atom. The second-order valence-corrected chi connectivity index (χ2v) is 4.92. The van der Waals surface area contributed by atoms with Gasteiger partial charge in [0.1, 0.15) is 0 Å². The van der Waals surface area contributed by atoms with Gasteiger partial charge in [-0.3, -0.25) is 4.79 Å². The second-order valence-electron chi connectivity index (χ2n) is 4.92. The monoisotopic (exact) mass is 269 g/mol. The lowest BCUT2D eigenvalue weighted by molar-refractivity contribution is -0.122. The molecule has 1 aliphatic carbocycles. The van der Waals surface area contributed by atoms with Gasteiger partial charge in [-0.15, -0.1) is 0 Å². The van der Waals surface area contributed by atoms with Crippen LogP contribution >= 0.6 is 0 Å². The fraction of sp³-hybridized carbons (Fsp3) is 0.500. The zero-order chi connectivity index (χ0) is 13.8. The number of carbonyl (C=O) groups excluding carboxylic acids is 1. The van der Waals surface area contributed by atoms with Crippen molar-refractivity contribution in [3.05, 3.63) is 35.4 Å². The second kappa shape index (κ2) is 6.10. The Labute approximate surface area is 110 Å². The summed E-state index contributed by atoms with van der Waals surface area (Å²) in [7, 11) is 0. The topological polar surface area (TPSA) is 49.3 Å². The number of halogens is 2. The highest BCUT2D eigenvalue weighted by molar-refractivity contribution is 5.79. The number of carbonyl (C=O) groups is 1. The molecule has 1 aromatic rings. The van der Waals surface area contributed by atoms with E-state index in [0.717, 1.165) is 25.3 Å². The van der Waals surface area contributed by atoms with Crippen LogP contribution in [0.15, 0.2) is 18.2 Å². The van der Waals surface area contributed by atoms with Crippen molar-refractivity contribution in [3.63, 3.8) is 0 Å². The van der Waals surface area contributed by atoms with Crippen LogP contribution in [0.3, 0.4) is 0 Å². The van der Waals surface area contributed by atoms with Crippen molar-refractivity contribution in [2.45, 2.75) is 44.2 Å². The first-order chi connectivity index (χ1) is 9.08. The van der Waals surface area contributed by atoms with E-state index < -0.39 is 23.6 Å². The molecule has 19 heavy (non-hydrogen) atoms. The summed E-state index contributed by atoms with van der Waals surface area (Å²) in [4.78, 5) is 11.8. The van der Waals surface area contributed by atoms with Crippen molar-refractivity contribution in [2.75, 3.05) is 0 Å². The number of hydrogen-bond acceptors (Lipinski definition) is 2. The van der Waals surface area contributed by atoms with E-state index in [2.05, 4.69) is 5.32 Å². The zero-order valence-corrected chi connectivity index (χ0v) is 10.5. The Morgan fingerprint density at radius 3 is 2.79 bits per heavy atom. The normalized spacial score (nSPS) is 23.1. The van der Waals surface area contributed by atoms with Crippen LogP contribution in [-0.2, 0) is 11.2 Å². The van der Waals surface area contributed by atoms with E-state index >= 15 is 0 Å². The lowest BCUT2D eigenvalue weighted by Gasteiger charge is -2.28. The Bertz CT molecular complexity index is 465. The van der Waals surface area contributed by atoms with E-state index in [4.69, 9.17) is 0 Å². The summed E-state index contributed by atoms with van der Waals surface area (Å²) < 4.78 is 26.4. The molecule has 0 bridgehead atoms. The molecule has 1 aliphatic rings. The van der Waals surface area contributed by atoms with Gasteiger partial charge >= 0.3 is 0 Å². The van der Waals surface area contributed by atoms with Gasteiger partial charge in [-0.05, 0) is 18.9 Å². The molecule has 1 saturated carbocycles. The van der Waals surface area contributed by atoms with Crippen LogP contribution in [0.4, 0.5) is 8.78 Å². The summed E-state index contributed by atoms with van der Waals surface area (Å²) in [6.07, 6.45) is 2.53. The number of nitrogens with one attached hydrogen (secondary N) is 1. The number of hydrogen-bond donors (Lipinski definition) is 2. The van der Waals surface area contributed by atoms with Gasteiger partial charge < -0.3 is 10.4 Å². The average molecular weight is 269 g/mol. The molecule has 0 spiro atoms. The van der Waals surface area contributed by atoms with Gasteiger partial charge in [0.05, 0.1) is 18.6 Å². The molecular formula is C14H17F2NO2. The Kier molecular flexibility index (Phi) is 4.47. The Morgan fingerprint density at radius 1 is 1.32 bits per heavy atom. The zero-order valence-electron chi connectivity index (χ0n) is 10.5. The van der Waals surface area contributed by atoms with E-state index in [9.17, 15) is 18.7 Å². The molecule has 1 fully saturated rings. The molecule has 104 valence electrons. The summed E-state index contributed by atoms with van der Waals surface area (Å²) in [5, 5.41) is 12.4. The Balaban J connectivity index is 1.95. The van der Waals surface area contributed by atoms with E-state index in [1.54, 1.807) is 0 Å².